The third-order valence-corrected chi connectivity index (χ3v) is 3.45. The highest BCUT2D eigenvalue weighted by molar-refractivity contribution is 9.10. The zero-order valence-corrected chi connectivity index (χ0v) is 12.3. The minimum atomic E-state index is 0.165. The van der Waals surface area contributed by atoms with Crippen LogP contribution in [0.5, 0.6) is 0 Å². The van der Waals surface area contributed by atoms with Crippen LogP contribution in [0.4, 0.5) is 0 Å². The third kappa shape index (κ3) is 3.00. The Morgan fingerprint density at radius 3 is 2.89 bits per heavy atom. The summed E-state index contributed by atoms with van der Waals surface area (Å²) in [6.45, 7) is 2.50. The van der Waals surface area contributed by atoms with Crippen molar-refractivity contribution in [2.75, 3.05) is 33.7 Å². The second-order valence-corrected chi connectivity index (χ2v) is 5.53. The first kappa shape index (κ1) is 13.3. The summed E-state index contributed by atoms with van der Waals surface area (Å²) in [4.78, 5) is 13.0. The van der Waals surface area contributed by atoms with Crippen LogP contribution in [0.15, 0.2) is 27.8 Å². The van der Waals surface area contributed by atoms with Crippen LogP contribution in [-0.4, -0.2) is 54.5 Å². The fourth-order valence-corrected chi connectivity index (χ4v) is 2.18. The smallest absolute Gasteiger partial charge is 0.192 e. The average Bonchev–Trinajstić information content (AvgIpc) is 2.69. The molecule has 0 saturated carbocycles. The molecule has 1 aliphatic rings. The van der Waals surface area contributed by atoms with E-state index in [-0.39, 0.29) is 6.04 Å². The lowest BCUT2D eigenvalue weighted by Gasteiger charge is -2.27. The van der Waals surface area contributed by atoms with Gasteiger partial charge in [-0.3, -0.25) is 9.98 Å². The van der Waals surface area contributed by atoms with Crippen molar-refractivity contribution in [1.82, 2.24) is 14.8 Å². The Morgan fingerprint density at radius 2 is 2.28 bits per heavy atom. The van der Waals surface area contributed by atoms with Crippen molar-refractivity contribution in [2.24, 2.45) is 10.7 Å². The highest BCUT2D eigenvalue weighted by Crippen LogP contribution is 2.24. The Morgan fingerprint density at radius 1 is 1.50 bits per heavy atom. The fraction of sp³-hybridized carbons (Fsp3) is 0.500. The van der Waals surface area contributed by atoms with Gasteiger partial charge in [0, 0.05) is 23.8 Å². The van der Waals surface area contributed by atoms with Crippen molar-refractivity contribution in [3.8, 4) is 0 Å². The van der Waals surface area contributed by atoms with E-state index in [1.165, 1.54) is 0 Å². The predicted molar refractivity (Wildman–Crippen MR) is 76.4 cm³/mol. The second-order valence-electron chi connectivity index (χ2n) is 4.61. The van der Waals surface area contributed by atoms with E-state index in [4.69, 9.17) is 5.73 Å². The van der Waals surface area contributed by atoms with Crippen LogP contribution in [-0.2, 0) is 0 Å². The number of nitrogens with two attached hydrogens (primary N) is 1. The van der Waals surface area contributed by atoms with E-state index in [1.54, 1.807) is 0 Å². The van der Waals surface area contributed by atoms with E-state index in [2.05, 4.69) is 49.8 Å². The van der Waals surface area contributed by atoms with Crippen molar-refractivity contribution in [2.45, 2.75) is 6.04 Å². The van der Waals surface area contributed by atoms with Crippen LogP contribution < -0.4 is 5.73 Å². The van der Waals surface area contributed by atoms with E-state index in [0.717, 1.165) is 23.3 Å². The molecule has 1 unspecified atom stereocenters. The summed E-state index contributed by atoms with van der Waals surface area (Å²) < 4.78 is 0.984. The van der Waals surface area contributed by atoms with Gasteiger partial charge in [-0.15, -0.1) is 0 Å². The fourth-order valence-electron chi connectivity index (χ4n) is 1.94. The summed E-state index contributed by atoms with van der Waals surface area (Å²) >= 11 is 3.39. The lowest BCUT2D eigenvalue weighted by atomic mass is 10.1. The third-order valence-electron chi connectivity index (χ3n) is 2.98. The molecule has 2 heterocycles. The molecule has 6 heteroatoms. The normalized spacial score (nSPS) is 19.4. The zero-order chi connectivity index (χ0) is 13.1. The van der Waals surface area contributed by atoms with Crippen molar-refractivity contribution in [3.63, 3.8) is 0 Å². The van der Waals surface area contributed by atoms with Gasteiger partial charge >= 0.3 is 0 Å². The maximum Gasteiger partial charge on any atom is 0.192 e. The predicted octanol–water partition coefficient (Wildman–Crippen LogP) is 1.08. The van der Waals surface area contributed by atoms with Gasteiger partial charge in [-0.1, -0.05) is 0 Å². The Hall–Kier alpha value is -1.14. The van der Waals surface area contributed by atoms with Crippen molar-refractivity contribution < 1.29 is 0 Å². The van der Waals surface area contributed by atoms with Gasteiger partial charge < -0.3 is 15.5 Å². The van der Waals surface area contributed by atoms with Gasteiger partial charge in [0.15, 0.2) is 5.96 Å². The number of guanidine groups is 1. The Balaban J connectivity index is 2.10. The Kier molecular flexibility index (Phi) is 4.19. The molecule has 0 bridgehead atoms. The summed E-state index contributed by atoms with van der Waals surface area (Å²) in [5, 5.41) is 0. The topological polar surface area (TPSA) is 57.8 Å². The molecule has 0 spiro atoms. The van der Waals surface area contributed by atoms with Crippen molar-refractivity contribution in [3.05, 3.63) is 28.5 Å². The number of halogens is 1. The monoisotopic (exact) mass is 311 g/mol. The van der Waals surface area contributed by atoms with Gasteiger partial charge in [-0.25, -0.2) is 0 Å². The molecule has 1 aromatic heterocycles. The van der Waals surface area contributed by atoms with E-state index >= 15 is 0 Å². The van der Waals surface area contributed by atoms with Crippen LogP contribution >= 0.6 is 15.9 Å². The summed E-state index contributed by atoms with van der Waals surface area (Å²) in [7, 11) is 4.10. The molecule has 5 nitrogen and oxygen atoms in total. The number of rotatable bonds is 4. The summed E-state index contributed by atoms with van der Waals surface area (Å²) in [5.41, 5.74) is 6.96. The maximum absolute atomic E-state index is 5.94. The molecule has 0 fully saturated rings. The van der Waals surface area contributed by atoms with Gasteiger partial charge in [0.05, 0.1) is 18.3 Å². The molecule has 1 aromatic rings. The second kappa shape index (κ2) is 5.67. The first-order valence-electron chi connectivity index (χ1n) is 5.90. The molecule has 0 radical (unpaired) electrons. The summed E-state index contributed by atoms with van der Waals surface area (Å²) in [5.74, 6) is 0.617. The van der Waals surface area contributed by atoms with E-state index in [9.17, 15) is 0 Å². The summed E-state index contributed by atoms with van der Waals surface area (Å²) in [6, 6.07) is 4.19. The van der Waals surface area contributed by atoms with Crippen LogP contribution in [0.3, 0.4) is 0 Å². The molecular weight excluding hydrogens is 294 g/mol. The molecular formula is C12H18BrN5. The molecule has 0 aliphatic carbocycles. The first-order valence-corrected chi connectivity index (χ1v) is 6.70. The quantitative estimate of drug-likeness (QED) is 0.904. The molecule has 0 saturated heterocycles. The molecule has 2 rings (SSSR count). The van der Waals surface area contributed by atoms with Gasteiger partial charge in [0.2, 0.25) is 0 Å². The zero-order valence-electron chi connectivity index (χ0n) is 10.7. The van der Waals surface area contributed by atoms with E-state index < -0.39 is 0 Å². The number of aromatic nitrogens is 1. The van der Waals surface area contributed by atoms with Gasteiger partial charge in [-0.2, -0.15) is 0 Å². The van der Waals surface area contributed by atoms with Gasteiger partial charge in [0.25, 0.3) is 0 Å². The SMILES string of the molecule is CN(C)CCN1C(N)=NCC1c1ccc(Br)cn1. The van der Waals surface area contributed by atoms with Crippen LogP contribution in [0, 0.1) is 0 Å². The maximum atomic E-state index is 5.94. The number of likely N-dealkylation sites (N-methyl/N-ethyl adjacent to an activating group) is 1. The Labute approximate surface area is 116 Å². The van der Waals surface area contributed by atoms with E-state index in [0.29, 0.717) is 12.5 Å². The molecule has 0 aromatic carbocycles. The Bertz CT molecular complexity index is 429. The molecule has 98 valence electrons. The lowest BCUT2D eigenvalue weighted by molar-refractivity contribution is 0.290. The first-order chi connectivity index (χ1) is 8.58. The average molecular weight is 312 g/mol. The number of hydrogen-bond donors (Lipinski definition) is 1. The molecule has 1 aliphatic heterocycles. The van der Waals surface area contributed by atoms with E-state index in [1.807, 2.05) is 18.3 Å². The highest BCUT2D eigenvalue weighted by atomic mass is 79.9. The number of aliphatic imine (C=N–C) groups is 1. The molecule has 18 heavy (non-hydrogen) atoms. The van der Waals surface area contributed by atoms with Crippen LogP contribution in [0.2, 0.25) is 0 Å². The molecule has 0 amide bonds. The lowest BCUT2D eigenvalue weighted by Crippen LogP contribution is -2.40. The summed E-state index contributed by atoms with van der Waals surface area (Å²) in [6.07, 6.45) is 1.81. The standard InChI is InChI=1S/C12H18BrN5/c1-17(2)5-6-18-11(8-16-12(18)14)10-4-3-9(13)7-15-10/h3-4,7,11H,5-6,8H2,1-2H3,(H2,14,16). The van der Waals surface area contributed by atoms with Crippen LogP contribution in [0.25, 0.3) is 0 Å². The van der Waals surface area contributed by atoms with Gasteiger partial charge in [-0.05, 0) is 42.2 Å². The highest BCUT2D eigenvalue weighted by Gasteiger charge is 2.28. The van der Waals surface area contributed by atoms with Crippen LogP contribution in [0.1, 0.15) is 11.7 Å². The molecule has 1 atom stereocenters. The number of hydrogen-bond acceptors (Lipinski definition) is 5. The minimum Gasteiger partial charge on any atom is -0.370 e. The van der Waals surface area contributed by atoms with Crippen molar-refractivity contribution >= 4 is 21.9 Å². The van der Waals surface area contributed by atoms with Crippen molar-refractivity contribution in [1.29, 1.82) is 0 Å². The number of nitrogens with zero attached hydrogens (tertiary/aromatic N) is 4. The molecule has 2 N–H and O–H groups in total. The van der Waals surface area contributed by atoms with Gasteiger partial charge in [0.1, 0.15) is 0 Å². The largest absolute Gasteiger partial charge is 0.370 e. The number of pyridine rings is 1. The minimum absolute atomic E-state index is 0.165.